The Morgan fingerprint density at radius 1 is 1.45 bits per heavy atom. The van der Waals surface area contributed by atoms with Gasteiger partial charge < -0.3 is 10.4 Å². The van der Waals surface area contributed by atoms with E-state index in [1.807, 2.05) is 12.1 Å². The number of amides is 3. The lowest BCUT2D eigenvalue weighted by atomic mass is 9.92. The van der Waals surface area contributed by atoms with Gasteiger partial charge >= 0.3 is 12.0 Å². The minimum atomic E-state index is -1.21. The van der Waals surface area contributed by atoms with Crippen molar-refractivity contribution in [3.63, 3.8) is 0 Å². The third kappa shape index (κ3) is 1.73. The summed E-state index contributed by atoms with van der Waals surface area (Å²) in [4.78, 5) is 35.9. The molecule has 1 saturated heterocycles. The van der Waals surface area contributed by atoms with Crippen molar-refractivity contribution in [1.82, 2.24) is 10.2 Å². The molecule has 3 rings (SSSR count). The zero-order chi connectivity index (χ0) is 14.5. The first-order valence-corrected chi connectivity index (χ1v) is 6.88. The summed E-state index contributed by atoms with van der Waals surface area (Å²) in [7, 11) is 0. The Bertz CT molecular complexity index is 645. The average Bonchev–Trinajstić information content (AvgIpc) is 2.84. The fourth-order valence-corrected chi connectivity index (χ4v) is 3.31. The zero-order valence-corrected chi connectivity index (χ0v) is 11.9. The number of hydrogen-bond donors (Lipinski definition) is 2. The molecule has 6 nitrogen and oxygen atoms in total. The number of urea groups is 1. The maximum Gasteiger partial charge on any atom is 0.325 e. The Labute approximate surface area is 122 Å². The fraction of sp³-hybridized carbons (Fsp3) is 0.308. The Kier molecular flexibility index (Phi) is 2.82. The van der Waals surface area contributed by atoms with Crippen molar-refractivity contribution in [2.75, 3.05) is 6.54 Å². The molecule has 1 heterocycles. The molecule has 0 bridgehead atoms. The van der Waals surface area contributed by atoms with Gasteiger partial charge in [-0.05, 0) is 36.1 Å². The highest BCUT2D eigenvalue weighted by molar-refractivity contribution is 9.10. The summed E-state index contributed by atoms with van der Waals surface area (Å²) in [6, 6.07) is 4.89. The molecule has 2 aliphatic rings. The number of fused-ring (bicyclic) bond motifs is 2. The third-order valence-corrected chi connectivity index (χ3v) is 4.26. The molecule has 0 aromatic heterocycles. The fourth-order valence-electron chi connectivity index (χ4n) is 2.90. The summed E-state index contributed by atoms with van der Waals surface area (Å²) < 4.78 is 0.910. The first-order valence-electron chi connectivity index (χ1n) is 6.09. The van der Waals surface area contributed by atoms with Crippen LogP contribution in [0, 0.1) is 0 Å². The first-order chi connectivity index (χ1) is 9.44. The molecule has 1 aromatic carbocycles. The van der Waals surface area contributed by atoms with Gasteiger partial charge in [-0.3, -0.25) is 14.5 Å². The molecule has 1 atom stereocenters. The molecule has 20 heavy (non-hydrogen) atoms. The monoisotopic (exact) mass is 338 g/mol. The maximum absolute atomic E-state index is 12.5. The number of halogens is 1. The van der Waals surface area contributed by atoms with Crippen LogP contribution in [0.5, 0.6) is 0 Å². The minimum absolute atomic E-state index is 0.458. The molecule has 1 aliphatic carbocycles. The Morgan fingerprint density at radius 2 is 2.20 bits per heavy atom. The van der Waals surface area contributed by atoms with E-state index in [9.17, 15) is 14.4 Å². The molecule has 2 N–H and O–H groups in total. The van der Waals surface area contributed by atoms with Crippen LogP contribution >= 0.6 is 15.9 Å². The van der Waals surface area contributed by atoms with Crippen molar-refractivity contribution in [2.45, 2.75) is 18.4 Å². The molecule has 3 amide bonds. The van der Waals surface area contributed by atoms with E-state index >= 15 is 0 Å². The van der Waals surface area contributed by atoms with Crippen LogP contribution in [-0.2, 0) is 21.5 Å². The van der Waals surface area contributed by atoms with Gasteiger partial charge in [0.15, 0.2) is 0 Å². The summed E-state index contributed by atoms with van der Waals surface area (Å²) in [6.45, 7) is -0.613. The van der Waals surface area contributed by atoms with Crippen molar-refractivity contribution in [3.8, 4) is 0 Å². The normalized spacial score (nSPS) is 24.1. The van der Waals surface area contributed by atoms with Gasteiger partial charge in [0.2, 0.25) is 0 Å². The summed E-state index contributed by atoms with van der Waals surface area (Å²) in [6.07, 6.45) is 1.13. The Balaban J connectivity index is 2.03. The number of hydrogen-bond acceptors (Lipinski definition) is 3. The van der Waals surface area contributed by atoms with Gasteiger partial charge in [-0.1, -0.05) is 22.0 Å². The van der Waals surface area contributed by atoms with Crippen LogP contribution in [0.4, 0.5) is 4.79 Å². The maximum atomic E-state index is 12.5. The molecule has 7 heteroatoms. The van der Waals surface area contributed by atoms with Gasteiger partial charge in [0.05, 0.1) is 0 Å². The molecule has 1 fully saturated rings. The smallest absolute Gasteiger partial charge is 0.325 e. The van der Waals surface area contributed by atoms with E-state index in [0.717, 1.165) is 20.5 Å². The summed E-state index contributed by atoms with van der Waals surface area (Å²) in [5, 5.41) is 11.5. The van der Waals surface area contributed by atoms with E-state index < -0.39 is 30.0 Å². The molecule has 1 spiro atoms. The van der Waals surface area contributed by atoms with Gasteiger partial charge in [0, 0.05) is 4.47 Å². The number of carbonyl (C=O) groups is 3. The second-order valence-corrected chi connectivity index (χ2v) is 5.84. The summed E-state index contributed by atoms with van der Waals surface area (Å²) >= 11 is 3.37. The molecule has 1 unspecified atom stereocenters. The highest BCUT2D eigenvalue weighted by Crippen LogP contribution is 2.42. The quantitative estimate of drug-likeness (QED) is 0.794. The predicted molar refractivity (Wildman–Crippen MR) is 72.0 cm³/mol. The van der Waals surface area contributed by atoms with Gasteiger partial charge in [-0.25, -0.2) is 4.79 Å². The number of imide groups is 1. The van der Waals surface area contributed by atoms with Crippen molar-refractivity contribution >= 4 is 33.8 Å². The van der Waals surface area contributed by atoms with Crippen LogP contribution in [-0.4, -0.2) is 34.5 Å². The topological polar surface area (TPSA) is 86.7 Å². The number of nitrogens with one attached hydrogen (secondary N) is 1. The molecule has 104 valence electrons. The Hall–Kier alpha value is -1.89. The molecular weight excluding hydrogens is 328 g/mol. The first kappa shape index (κ1) is 13.1. The third-order valence-electron chi connectivity index (χ3n) is 3.77. The number of carbonyl (C=O) groups excluding carboxylic acids is 2. The number of aryl methyl sites for hydroxylation is 1. The minimum Gasteiger partial charge on any atom is -0.480 e. The number of carboxylic acid groups (broad SMARTS) is 1. The number of carboxylic acids is 1. The van der Waals surface area contributed by atoms with Crippen LogP contribution in [0.1, 0.15) is 17.5 Å². The van der Waals surface area contributed by atoms with Crippen LogP contribution in [0.15, 0.2) is 22.7 Å². The van der Waals surface area contributed by atoms with Gasteiger partial charge in [-0.15, -0.1) is 0 Å². The Morgan fingerprint density at radius 3 is 2.90 bits per heavy atom. The van der Waals surface area contributed by atoms with Crippen LogP contribution in [0.2, 0.25) is 0 Å². The summed E-state index contributed by atoms with van der Waals surface area (Å²) in [5.74, 6) is -1.69. The highest BCUT2D eigenvalue weighted by Gasteiger charge is 2.55. The van der Waals surface area contributed by atoms with Crippen LogP contribution < -0.4 is 5.32 Å². The second-order valence-electron chi connectivity index (χ2n) is 4.92. The van der Waals surface area contributed by atoms with E-state index in [0.29, 0.717) is 12.8 Å². The number of benzene rings is 1. The van der Waals surface area contributed by atoms with E-state index in [1.54, 1.807) is 6.07 Å². The summed E-state index contributed by atoms with van der Waals surface area (Å²) in [5.41, 5.74) is 0.653. The lowest BCUT2D eigenvalue weighted by Gasteiger charge is -2.22. The number of aliphatic carboxylic acids is 1. The van der Waals surface area contributed by atoms with Crippen molar-refractivity contribution in [1.29, 1.82) is 0 Å². The average molecular weight is 339 g/mol. The van der Waals surface area contributed by atoms with E-state index in [1.165, 1.54) is 0 Å². The van der Waals surface area contributed by atoms with Crippen LogP contribution in [0.25, 0.3) is 0 Å². The lowest BCUT2D eigenvalue weighted by molar-refractivity contribution is -0.142. The number of nitrogens with zero attached hydrogens (tertiary/aromatic N) is 1. The molecular formula is C13H11BrN2O4. The molecule has 0 saturated carbocycles. The van der Waals surface area contributed by atoms with Gasteiger partial charge in [0.25, 0.3) is 5.91 Å². The number of rotatable bonds is 2. The molecule has 0 radical (unpaired) electrons. The van der Waals surface area contributed by atoms with Gasteiger partial charge in [-0.2, -0.15) is 0 Å². The van der Waals surface area contributed by atoms with Crippen molar-refractivity contribution in [3.05, 3.63) is 33.8 Å². The molecule has 1 aromatic rings. The zero-order valence-electron chi connectivity index (χ0n) is 10.4. The van der Waals surface area contributed by atoms with E-state index in [-0.39, 0.29) is 0 Å². The van der Waals surface area contributed by atoms with E-state index in [2.05, 4.69) is 21.2 Å². The second kappa shape index (κ2) is 4.31. The lowest BCUT2D eigenvalue weighted by Crippen LogP contribution is -2.42. The van der Waals surface area contributed by atoms with Crippen LogP contribution in [0.3, 0.4) is 0 Å². The van der Waals surface area contributed by atoms with Gasteiger partial charge in [0.1, 0.15) is 12.1 Å². The van der Waals surface area contributed by atoms with E-state index in [4.69, 9.17) is 5.11 Å². The highest BCUT2D eigenvalue weighted by atomic mass is 79.9. The largest absolute Gasteiger partial charge is 0.480 e. The van der Waals surface area contributed by atoms with Crippen molar-refractivity contribution in [2.24, 2.45) is 0 Å². The molecule has 1 aliphatic heterocycles. The standard InChI is InChI=1S/C13H11BrN2O4/c14-8-1-2-9-7(5-8)3-4-13(9)11(19)16(6-10(17)18)12(20)15-13/h1-2,5H,3-4,6H2,(H,15,20)(H,17,18). The van der Waals surface area contributed by atoms with Crippen molar-refractivity contribution < 1.29 is 19.5 Å². The SMILES string of the molecule is O=C(O)CN1C(=O)NC2(CCc3cc(Br)ccc32)C1=O. The predicted octanol–water partition coefficient (Wildman–Crippen LogP) is 1.23.